The maximum Gasteiger partial charge on any atom is 0.227 e. The van der Waals surface area contributed by atoms with Gasteiger partial charge in [-0.15, -0.1) is 0 Å². The zero-order valence-electron chi connectivity index (χ0n) is 16.3. The first kappa shape index (κ1) is 19.1. The average Bonchev–Trinajstić information content (AvgIpc) is 2.69. The van der Waals surface area contributed by atoms with Crippen molar-refractivity contribution in [1.82, 2.24) is 14.9 Å². The molecule has 2 aliphatic rings. The summed E-state index contributed by atoms with van der Waals surface area (Å²) in [7, 11) is 0. The van der Waals surface area contributed by atoms with Crippen molar-refractivity contribution in [3.63, 3.8) is 0 Å². The van der Waals surface area contributed by atoms with E-state index in [4.69, 9.17) is 4.74 Å². The minimum absolute atomic E-state index is 0.592. The molecule has 0 saturated carbocycles. The lowest BCUT2D eigenvalue weighted by Crippen LogP contribution is -2.37. The van der Waals surface area contributed by atoms with E-state index in [0.717, 1.165) is 55.0 Å². The number of aryl methyl sites for hydroxylation is 2. The highest BCUT2D eigenvalue weighted by Gasteiger charge is 2.17. The molecule has 0 radical (unpaired) electrons. The second-order valence-electron chi connectivity index (χ2n) is 7.17. The fraction of sp³-hybridized carbons (Fsp3) is 0.381. The number of benzene rings is 1. The molecule has 1 fully saturated rings. The molecule has 146 valence electrons. The van der Waals surface area contributed by atoms with Crippen LogP contribution in [-0.2, 0) is 4.74 Å². The van der Waals surface area contributed by atoms with E-state index in [0.29, 0.717) is 5.95 Å². The van der Waals surface area contributed by atoms with Crippen LogP contribution in [0.1, 0.15) is 16.8 Å². The number of hydrogen-bond acceptors (Lipinski definition) is 7. The van der Waals surface area contributed by atoms with E-state index < -0.39 is 0 Å². The number of ether oxygens (including phenoxy) is 1. The summed E-state index contributed by atoms with van der Waals surface area (Å²) in [5, 5.41) is 4.25. The quantitative estimate of drug-likeness (QED) is 0.835. The van der Waals surface area contributed by atoms with Gasteiger partial charge in [-0.25, -0.2) is 15.0 Å². The highest BCUT2D eigenvalue weighted by molar-refractivity contribution is 8.14. The second-order valence-corrected chi connectivity index (χ2v) is 8.13. The number of thioether (sulfide) groups is 1. The maximum absolute atomic E-state index is 5.42. The Kier molecular flexibility index (Phi) is 6.04. The molecule has 0 amide bonds. The van der Waals surface area contributed by atoms with Crippen LogP contribution in [0, 0.1) is 13.8 Å². The van der Waals surface area contributed by atoms with Gasteiger partial charge in [0.05, 0.1) is 13.2 Å². The Hall–Kier alpha value is -2.22. The van der Waals surface area contributed by atoms with Crippen LogP contribution >= 0.6 is 11.8 Å². The van der Waals surface area contributed by atoms with Gasteiger partial charge in [-0.3, -0.25) is 4.90 Å². The zero-order valence-corrected chi connectivity index (χ0v) is 17.1. The topological polar surface area (TPSA) is 62.6 Å². The Morgan fingerprint density at radius 1 is 1.14 bits per heavy atom. The molecule has 0 unspecified atom stereocenters. The van der Waals surface area contributed by atoms with Gasteiger partial charge in [0, 0.05) is 43.5 Å². The fourth-order valence-electron chi connectivity index (χ4n) is 3.37. The van der Waals surface area contributed by atoms with Crippen LogP contribution < -0.4 is 5.32 Å². The number of aliphatic imine (C=N–C) groups is 1. The maximum atomic E-state index is 5.42. The first-order valence-electron chi connectivity index (χ1n) is 9.53. The van der Waals surface area contributed by atoms with Gasteiger partial charge in [0.15, 0.2) is 0 Å². The monoisotopic (exact) mass is 395 g/mol. The van der Waals surface area contributed by atoms with Gasteiger partial charge in [-0.05, 0) is 48.7 Å². The van der Waals surface area contributed by atoms with Crippen LogP contribution in [0.2, 0.25) is 0 Å². The summed E-state index contributed by atoms with van der Waals surface area (Å²) in [5.41, 5.74) is 5.63. The van der Waals surface area contributed by atoms with Crippen molar-refractivity contribution >= 4 is 28.4 Å². The summed E-state index contributed by atoms with van der Waals surface area (Å²) in [6.45, 7) is 8.79. The first-order chi connectivity index (χ1) is 13.7. The molecule has 0 spiro atoms. The number of anilines is 2. The van der Waals surface area contributed by atoms with Gasteiger partial charge < -0.3 is 10.1 Å². The van der Waals surface area contributed by atoms with Gasteiger partial charge >= 0.3 is 0 Å². The van der Waals surface area contributed by atoms with Crippen molar-refractivity contribution in [2.45, 2.75) is 13.8 Å². The highest BCUT2D eigenvalue weighted by Crippen LogP contribution is 2.23. The molecule has 3 heterocycles. The zero-order chi connectivity index (χ0) is 19.3. The van der Waals surface area contributed by atoms with Crippen LogP contribution in [-0.4, -0.2) is 58.5 Å². The smallest absolute Gasteiger partial charge is 0.227 e. The molecular weight excluding hydrogens is 370 g/mol. The summed E-state index contributed by atoms with van der Waals surface area (Å²) in [4.78, 5) is 16.1. The molecule has 4 rings (SSSR count). The number of aromatic nitrogens is 2. The van der Waals surface area contributed by atoms with Crippen LogP contribution in [0.25, 0.3) is 0 Å². The normalized spacial score (nSPS) is 17.8. The van der Waals surface area contributed by atoms with Crippen molar-refractivity contribution < 1.29 is 4.74 Å². The van der Waals surface area contributed by atoms with Gasteiger partial charge in [-0.1, -0.05) is 17.8 Å². The van der Waals surface area contributed by atoms with Gasteiger partial charge in [-0.2, -0.15) is 0 Å². The third kappa shape index (κ3) is 4.98. The molecule has 6 nitrogen and oxygen atoms in total. The number of nitrogens with one attached hydrogen (secondary N) is 1. The van der Waals surface area contributed by atoms with E-state index in [9.17, 15) is 0 Å². The van der Waals surface area contributed by atoms with Crippen molar-refractivity contribution in [3.8, 4) is 0 Å². The molecule has 1 aromatic carbocycles. The van der Waals surface area contributed by atoms with E-state index >= 15 is 0 Å². The highest BCUT2D eigenvalue weighted by atomic mass is 32.2. The summed E-state index contributed by atoms with van der Waals surface area (Å²) >= 11 is 1.74. The van der Waals surface area contributed by atoms with Crippen molar-refractivity contribution in [2.75, 3.05) is 43.9 Å². The molecular formula is C21H25N5OS. The Bertz CT molecular complexity index is 885. The predicted molar refractivity (Wildman–Crippen MR) is 116 cm³/mol. The summed E-state index contributed by atoms with van der Waals surface area (Å²) in [6, 6.07) is 8.25. The standard InChI is InChI=1S/C21H25N5OS/c1-15-9-16(2)11-18(10-15)24-21-22-4-3-19(25-21)20-23-12-17(14-28-20)13-26-5-7-27-8-6-26/h3-4,9-12H,5-8,13-14H2,1-2H3,(H,22,24,25). The molecule has 0 atom stereocenters. The Labute approximate surface area is 170 Å². The lowest BCUT2D eigenvalue weighted by atomic mass is 10.1. The fourth-order valence-corrected chi connectivity index (χ4v) is 4.25. The first-order valence-corrected chi connectivity index (χ1v) is 10.5. The van der Waals surface area contributed by atoms with Gasteiger partial charge in [0.25, 0.3) is 0 Å². The number of rotatable bonds is 5. The predicted octanol–water partition coefficient (Wildman–Crippen LogP) is 3.55. The lowest BCUT2D eigenvalue weighted by molar-refractivity contribution is 0.0423. The Morgan fingerprint density at radius 2 is 1.93 bits per heavy atom. The van der Waals surface area contributed by atoms with Gasteiger partial charge in [0.1, 0.15) is 10.7 Å². The molecule has 2 aliphatic heterocycles. The largest absolute Gasteiger partial charge is 0.379 e. The molecule has 2 aromatic rings. The van der Waals surface area contributed by atoms with Gasteiger partial charge in [0.2, 0.25) is 5.95 Å². The Balaban J connectivity index is 1.45. The third-order valence-corrected chi connectivity index (χ3v) is 5.74. The molecule has 1 saturated heterocycles. The van der Waals surface area contributed by atoms with Crippen LogP contribution in [0.15, 0.2) is 47.2 Å². The van der Waals surface area contributed by atoms with Crippen LogP contribution in [0.4, 0.5) is 11.6 Å². The SMILES string of the molecule is Cc1cc(C)cc(Nc2nccc(C3=NC=C(CN4CCOCC4)CS3)n2)c1. The van der Waals surface area contributed by atoms with Crippen LogP contribution in [0.3, 0.4) is 0 Å². The number of hydrogen-bond donors (Lipinski definition) is 1. The van der Waals surface area contributed by atoms with Crippen molar-refractivity contribution in [2.24, 2.45) is 4.99 Å². The number of nitrogens with zero attached hydrogens (tertiary/aromatic N) is 4. The second kappa shape index (κ2) is 8.86. The van der Waals surface area contributed by atoms with Crippen LogP contribution in [0.5, 0.6) is 0 Å². The lowest BCUT2D eigenvalue weighted by Gasteiger charge is -2.28. The molecule has 0 aliphatic carbocycles. The van der Waals surface area contributed by atoms with E-state index in [1.54, 1.807) is 18.0 Å². The summed E-state index contributed by atoms with van der Waals surface area (Å²) in [5.74, 6) is 1.54. The molecule has 28 heavy (non-hydrogen) atoms. The summed E-state index contributed by atoms with van der Waals surface area (Å²) < 4.78 is 5.42. The number of morpholine rings is 1. The van der Waals surface area contributed by atoms with E-state index in [-0.39, 0.29) is 0 Å². The average molecular weight is 396 g/mol. The molecule has 0 bridgehead atoms. The minimum atomic E-state index is 0.592. The Morgan fingerprint density at radius 3 is 2.64 bits per heavy atom. The van der Waals surface area contributed by atoms with Crippen molar-refractivity contribution in [3.05, 3.63) is 59.1 Å². The summed E-state index contributed by atoms with van der Waals surface area (Å²) in [6.07, 6.45) is 3.78. The van der Waals surface area contributed by atoms with E-state index in [1.807, 2.05) is 12.3 Å². The molecule has 7 heteroatoms. The van der Waals surface area contributed by atoms with E-state index in [1.165, 1.54) is 16.7 Å². The molecule has 1 aromatic heterocycles. The van der Waals surface area contributed by atoms with E-state index in [2.05, 4.69) is 57.2 Å². The minimum Gasteiger partial charge on any atom is -0.379 e. The third-order valence-electron chi connectivity index (χ3n) is 4.64. The molecule has 1 N–H and O–H groups in total. The van der Waals surface area contributed by atoms with Crippen molar-refractivity contribution in [1.29, 1.82) is 0 Å².